The Kier molecular flexibility index (Phi) is 3.66. The molecule has 21 heavy (non-hydrogen) atoms. The van der Waals surface area contributed by atoms with E-state index in [1.165, 1.54) is 0 Å². The normalized spacial score (nSPS) is 10.8. The van der Waals surface area contributed by atoms with Gasteiger partial charge in [0.25, 0.3) is 5.91 Å². The molecule has 6 nitrogen and oxygen atoms in total. The molecular weight excluding hydrogens is 334 g/mol. The number of carbonyl (C=O) groups is 1. The number of amides is 1. The van der Waals surface area contributed by atoms with Crippen LogP contribution in [0.5, 0.6) is 0 Å². The number of imidazole rings is 1. The van der Waals surface area contributed by atoms with E-state index in [1.807, 2.05) is 13.0 Å². The lowest BCUT2D eigenvalue weighted by atomic mass is 10.1. The number of hydrogen-bond donors (Lipinski definition) is 2. The van der Waals surface area contributed by atoms with E-state index in [4.69, 9.17) is 0 Å². The third-order valence-electron chi connectivity index (χ3n) is 3.00. The van der Waals surface area contributed by atoms with Crippen molar-refractivity contribution in [1.82, 2.24) is 25.3 Å². The second-order valence-electron chi connectivity index (χ2n) is 4.53. The monoisotopic (exact) mass is 345 g/mol. The second-order valence-corrected chi connectivity index (χ2v) is 5.45. The maximum atomic E-state index is 12.3. The lowest BCUT2D eigenvalue weighted by Gasteiger charge is -2.06. The van der Waals surface area contributed by atoms with Crippen molar-refractivity contribution < 1.29 is 4.79 Å². The van der Waals surface area contributed by atoms with Gasteiger partial charge >= 0.3 is 0 Å². The molecule has 2 heterocycles. The van der Waals surface area contributed by atoms with Gasteiger partial charge in [-0.1, -0.05) is 15.9 Å². The summed E-state index contributed by atoms with van der Waals surface area (Å²) in [5.74, 6) is 0.489. The molecule has 1 aromatic carbocycles. The lowest BCUT2D eigenvalue weighted by Crippen LogP contribution is -2.23. The quantitative estimate of drug-likeness (QED) is 0.763. The van der Waals surface area contributed by atoms with Crippen LogP contribution in [0.2, 0.25) is 0 Å². The van der Waals surface area contributed by atoms with Crippen LogP contribution < -0.4 is 5.32 Å². The number of nitrogens with one attached hydrogen (secondary N) is 2. The van der Waals surface area contributed by atoms with Gasteiger partial charge in [-0.15, -0.1) is 0 Å². The van der Waals surface area contributed by atoms with Gasteiger partial charge in [0.2, 0.25) is 0 Å². The molecule has 3 aromatic rings. The Morgan fingerprint density at radius 1 is 1.38 bits per heavy atom. The Hall–Kier alpha value is -2.28. The molecule has 0 bridgehead atoms. The van der Waals surface area contributed by atoms with Crippen LogP contribution in [0.25, 0.3) is 11.0 Å². The number of halogens is 1. The zero-order valence-corrected chi connectivity index (χ0v) is 12.8. The van der Waals surface area contributed by atoms with Crippen LogP contribution in [0, 0.1) is 6.92 Å². The summed E-state index contributed by atoms with van der Waals surface area (Å²) in [5.41, 5.74) is 2.75. The number of hydrogen-bond acceptors (Lipinski definition) is 4. The molecule has 0 spiro atoms. The Balaban J connectivity index is 1.82. The number of carbonyl (C=O) groups excluding carboxylic acids is 1. The number of fused-ring (bicyclic) bond motifs is 1. The third-order valence-corrected chi connectivity index (χ3v) is 3.45. The van der Waals surface area contributed by atoms with Crippen molar-refractivity contribution in [2.75, 3.05) is 0 Å². The van der Waals surface area contributed by atoms with Crippen LogP contribution in [-0.4, -0.2) is 25.8 Å². The first-order valence-electron chi connectivity index (χ1n) is 6.33. The summed E-state index contributed by atoms with van der Waals surface area (Å²) in [7, 11) is 0. The highest BCUT2D eigenvalue weighted by atomic mass is 79.9. The highest BCUT2D eigenvalue weighted by Gasteiger charge is 2.13. The van der Waals surface area contributed by atoms with Crippen LogP contribution in [0.4, 0.5) is 0 Å². The number of H-pyrrole nitrogens is 1. The summed E-state index contributed by atoms with van der Waals surface area (Å²) in [5, 5.41) is 2.85. The van der Waals surface area contributed by atoms with Crippen molar-refractivity contribution in [2.45, 2.75) is 13.5 Å². The number of aromatic nitrogens is 4. The smallest absolute Gasteiger partial charge is 0.253 e. The van der Waals surface area contributed by atoms with E-state index in [0.717, 1.165) is 15.7 Å². The number of benzene rings is 1. The fourth-order valence-electron chi connectivity index (χ4n) is 2.06. The SMILES string of the molecule is Cc1nccc(CNC(=O)c2cc(Br)cc3[nH]cnc23)n1. The Bertz CT molecular complexity index is 814. The number of aromatic amines is 1. The van der Waals surface area contributed by atoms with Crippen molar-refractivity contribution in [2.24, 2.45) is 0 Å². The summed E-state index contributed by atoms with van der Waals surface area (Å²) in [4.78, 5) is 27.8. The Labute approximate surface area is 129 Å². The van der Waals surface area contributed by atoms with E-state index >= 15 is 0 Å². The van der Waals surface area contributed by atoms with E-state index < -0.39 is 0 Å². The minimum absolute atomic E-state index is 0.190. The largest absolute Gasteiger partial charge is 0.346 e. The molecule has 7 heteroatoms. The summed E-state index contributed by atoms with van der Waals surface area (Å²) in [6.45, 7) is 2.16. The van der Waals surface area contributed by atoms with Gasteiger partial charge in [0.15, 0.2) is 0 Å². The predicted octanol–water partition coefficient (Wildman–Crippen LogP) is 2.35. The molecule has 0 saturated heterocycles. The van der Waals surface area contributed by atoms with Crippen molar-refractivity contribution in [3.63, 3.8) is 0 Å². The molecule has 2 aromatic heterocycles. The fourth-order valence-corrected chi connectivity index (χ4v) is 2.52. The minimum Gasteiger partial charge on any atom is -0.346 e. The average Bonchev–Trinajstić information content (AvgIpc) is 2.92. The second kappa shape index (κ2) is 5.61. The van der Waals surface area contributed by atoms with Crippen molar-refractivity contribution in [3.8, 4) is 0 Å². The van der Waals surface area contributed by atoms with Crippen LogP contribution in [0.1, 0.15) is 21.9 Å². The van der Waals surface area contributed by atoms with Crippen LogP contribution in [-0.2, 0) is 6.54 Å². The summed E-state index contributed by atoms with van der Waals surface area (Å²) in [6.07, 6.45) is 3.25. The molecule has 0 radical (unpaired) electrons. The molecular formula is C14H12BrN5O. The van der Waals surface area contributed by atoms with Crippen molar-refractivity contribution >= 4 is 32.9 Å². The van der Waals surface area contributed by atoms with Gasteiger partial charge in [0.05, 0.1) is 29.6 Å². The van der Waals surface area contributed by atoms with Gasteiger partial charge < -0.3 is 10.3 Å². The molecule has 0 fully saturated rings. The maximum absolute atomic E-state index is 12.3. The van der Waals surface area contributed by atoms with Crippen molar-refractivity contribution in [3.05, 3.63) is 52.3 Å². The molecule has 0 unspecified atom stereocenters. The minimum atomic E-state index is -0.190. The van der Waals surface area contributed by atoms with Gasteiger partial charge in [-0.25, -0.2) is 15.0 Å². The predicted molar refractivity (Wildman–Crippen MR) is 81.7 cm³/mol. The van der Waals surface area contributed by atoms with Gasteiger partial charge in [-0.3, -0.25) is 4.79 Å². The third kappa shape index (κ3) is 2.92. The maximum Gasteiger partial charge on any atom is 0.253 e. The molecule has 106 valence electrons. The molecule has 0 aliphatic heterocycles. The van der Waals surface area contributed by atoms with Crippen LogP contribution >= 0.6 is 15.9 Å². The molecule has 0 aliphatic rings. The topological polar surface area (TPSA) is 83.6 Å². The van der Waals surface area contributed by atoms with Crippen molar-refractivity contribution in [1.29, 1.82) is 0 Å². The average molecular weight is 346 g/mol. The first-order chi connectivity index (χ1) is 10.1. The van der Waals surface area contributed by atoms with E-state index in [0.29, 0.717) is 23.4 Å². The van der Waals surface area contributed by atoms with E-state index in [-0.39, 0.29) is 5.91 Å². The number of aryl methyl sites for hydroxylation is 1. The van der Waals surface area contributed by atoms with Crippen LogP contribution in [0.3, 0.4) is 0 Å². The molecule has 2 N–H and O–H groups in total. The highest BCUT2D eigenvalue weighted by Crippen LogP contribution is 2.21. The van der Waals surface area contributed by atoms with Crippen LogP contribution in [0.15, 0.2) is 35.2 Å². The number of nitrogens with zero attached hydrogens (tertiary/aromatic N) is 3. The lowest BCUT2D eigenvalue weighted by molar-refractivity contribution is 0.0952. The van der Waals surface area contributed by atoms with E-state index in [9.17, 15) is 4.79 Å². The summed E-state index contributed by atoms with van der Waals surface area (Å²) < 4.78 is 0.822. The zero-order valence-electron chi connectivity index (χ0n) is 11.2. The molecule has 1 amide bonds. The first-order valence-corrected chi connectivity index (χ1v) is 7.12. The van der Waals surface area contributed by atoms with Gasteiger partial charge in [-0.05, 0) is 25.1 Å². The standard InChI is InChI=1S/C14H12BrN5O/c1-8-16-3-2-10(20-8)6-17-14(21)11-4-9(15)5-12-13(11)19-7-18-12/h2-5,7H,6H2,1H3,(H,17,21)(H,18,19). The molecule has 3 rings (SSSR count). The van der Waals surface area contributed by atoms with Gasteiger partial charge in [0.1, 0.15) is 11.3 Å². The van der Waals surface area contributed by atoms with Gasteiger partial charge in [-0.2, -0.15) is 0 Å². The zero-order chi connectivity index (χ0) is 14.8. The fraction of sp³-hybridized carbons (Fsp3) is 0.143. The first kappa shape index (κ1) is 13.7. The molecule has 0 saturated carbocycles. The summed E-state index contributed by atoms with van der Waals surface area (Å²) in [6, 6.07) is 5.41. The van der Waals surface area contributed by atoms with E-state index in [2.05, 4.69) is 41.2 Å². The number of rotatable bonds is 3. The van der Waals surface area contributed by atoms with Gasteiger partial charge in [0, 0.05) is 10.7 Å². The Morgan fingerprint density at radius 2 is 2.24 bits per heavy atom. The highest BCUT2D eigenvalue weighted by molar-refractivity contribution is 9.10. The molecule has 0 atom stereocenters. The Morgan fingerprint density at radius 3 is 3.05 bits per heavy atom. The summed E-state index contributed by atoms with van der Waals surface area (Å²) >= 11 is 3.39. The van der Waals surface area contributed by atoms with E-state index in [1.54, 1.807) is 24.7 Å². The molecule has 0 aliphatic carbocycles.